The van der Waals surface area contributed by atoms with Gasteiger partial charge in [-0.2, -0.15) is 0 Å². The smallest absolute Gasteiger partial charge is 0.235 e. The number of nitrogens with zero attached hydrogens (tertiary/aromatic N) is 3. The zero-order chi connectivity index (χ0) is 62.9. The Labute approximate surface area is 556 Å². The predicted octanol–water partition coefficient (Wildman–Crippen LogP) is 16.0. The predicted molar refractivity (Wildman–Crippen MR) is 400 cm³/mol. The van der Waals surface area contributed by atoms with Gasteiger partial charge in [0.1, 0.15) is 0 Å². The summed E-state index contributed by atoms with van der Waals surface area (Å²) in [7, 11) is -6.13. The third-order valence-electron chi connectivity index (χ3n) is 20.5. The number of aromatic nitrogens is 3. The van der Waals surface area contributed by atoms with E-state index in [1.165, 1.54) is 91.6 Å². The lowest BCUT2D eigenvalue weighted by Crippen LogP contribution is -2.75. The molecule has 2 unspecified atom stereocenters. The topological polar surface area (TPSA) is 30.7 Å². The standard InChI is InChI=1S/C90H63N3Si2/c1-7-31-62(32-8-1)63-33-27-46-71(59-63)95(68-41-15-5-16-42-68,69-43-17-6-18-44-69)85-58-30-55-80-86-77-51-21-22-52-78(77)89(88(80)85)87-76(53-29-54-79(86)87)72-47-19-20-48-73(72)82-61-81(91-90(92-82)93-83-56-25-23-49-74(83)75-50-24-26-57-84(75)93)64-34-28-45-70(60-64)94(65-35-9-2-10-36-65,66-37-11-3-12-38-66)67-39-13-4-14-40-67/h1-61,86,89H. The van der Waals surface area contributed by atoms with Crippen LogP contribution in [0, 0.1) is 0 Å². The molecule has 5 heteroatoms. The van der Waals surface area contributed by atoms with Gasteiger partial charge in [-0.25, -0.2) is 9.97 Å². The van der Waals surface area contributed by atoms with Crippen molar-refractivity contribution in [2.75, 3.05) is 0 Å². The molecule has 0 fully saturated rings. The Morgan fingerprint density at radius 3 is 1.20 bits per heavy atom. The Bertz CT molecular complexity index is 5370. The number of para-hydroxylation sites is 2. The van der Waals surface area contributed by atoms with Gasteiger partial charge in [-0.1, -0.05) is 352 Å². The van der Waals surface area contributed by atoms with E-state index in [4.69, 9.17) is 9.97 Å². The van der Waals surface area contributed by atoms with Crippen LogP contribution in [0.2, 0.25) is 0 Å². The van der Waals surface area contributed by atoms with Crippen molar-refractivity contribution in [2.45, 2.75) is 11.8 Å². The van der Waals surface area contributed by atoms with Crippen molar-refractivity contribution >= 4 is 79.4 Å². The third kappa shape index (κ3) is 8.92. The molecule has 14 aromatic carbocycles. The van der Waals surface area contributed by atoms with Crippen LogP contribution in [0.15, 0.2) is 370 Å². The molecule has 95 heavy (non-hydrogen) atoms. The number of hydrogen-bond acceptors (Lipinski definition) is 2. The van der Waals surface area contributed by atoms with Gasteiger partial charge in [0.15, 0.2) is 16.1 Å². The molecule has 0 saturated heterocycles. The molecule has 16 aromatic rings. The summed E-state index contributed by atoms with van der Waals surface area (Å²) in [5, 5.41) is 13.1. The van der Waals surface area contributed by atoms with Crippen molar-refractivity contribution in [2.24, 2.45) is 0 Å². The SMILES string of the molecule is c1ccc(-c2cccc([Si](c3ccccc3)(c3ccccc3)c3cccc4c3C3c5ccccc5C4c4cccc(-c5ccccc5-c5cc(-c6cccc([Si](c7ccccc7)(c7ccccc7)c7ccccc7)c6)nc(-n6c7ccccc7c7ccccc76)n5)c43)c2)cc1. The van der Waals surface area contributed by atoms with E-state index in [1.54, 1.807) is 0 Å². The maximum atomic E-state index is 5.85. The lowest BCUT2D eigenvalue weighted by molar-refractivity contribution is 0.760. The van der Waals surface area contributed by atoms with E-state index in [-0.39, 0.29) is 11.8 Å². The van der Waals surface area contributed by atoms with Gasteiger partial charge in [0.05, 0.1) is 22.4 Å². The van der Waals surface area contributed by atoms with E-state index in [1.807, 2.05) is 0 Å². The fourth-order valence-corrected chi connectivity index (χ4v) is 26.5. The lowest BCUT2D eigenvalue weighted by atomic mass is 9.60. The minimum atomic E-state index is -3.19. The second-order valence-electron chi connectivity index (χ2n) is 25.3. The second kappa shape index (κ2) is 23.2. The van der Waals surface area contributed by atoms with Crippen LogP contribution in [0.25, 0.3) is 72.5 Å². The highest BCUT2D eigenvalue weighted by Gasteiger charge is 2.50. The summed E-state index contributed by atoms with van der Waals surface area (Å²) >= 11 is 0. The van der Waals surface area contributed by atoms with Gasteiger partial charge >= 0.3 is 0 Å². The Hall–Kier alpha value is -11.6. The van der Waals surface area contributed by atoms with Crippen LogP contribution < -0.4 is 41.5 Å². The molecule has 2 atom stereocenters. The zero-order valence-corrected chi connectivity index (χ0v) is 54.2. The van der Waals surface area contributed by atoms with Crippen LogP contribution in [0.3, 0.4) is 0 Å². The molecule has 0 saturated carbocycles. The fourth-order valence-electron chi connectivity index (χ4n) is 16.7. The third-order valence-corrected chi connectivity index (χ3v) is 30.1. The van der Waals surface area contributed by atoms with Crippen molar-refractivity contribution < 1.29 is 0 Å². The van der Waals surface area contributed by atoms with E-state index in [9.17, 15) is 0 Å². The van der Waals surface area contributed by atoms with E-state index in [0.29, 0.717) is 5.95 Å². The molecule has 0 spiro atoms. The molecule has 19 rings (SSSR count). The molecule has 0 aliphatic heterocycles. The highest BCUT2D eigenvalue weighted by atomic mass is 28.3. The Kier molecular flexibility index (Phi) is 13.7. The summed E-state index contributed by atoms with van der Waals surface area (Å²) in [6, 6.07) is 139. The van der Waals surface area contributed by atoms with Gasteiger partial charge in [0.2, 0.25) is 5.95 Å². The van der Waals surface area contributed by atoms with E-state index in [2.05, 4.69) is 375 Å². The molecule has 3 aliphatic carbocycles. The summed E-state index contributed by atoms with van der Waals surface area (Å²) < 4.78 is 2.28. The van der Waals surface area contributed by atoms with Crippen LogP contribution in [0.1, 0.15) is 45.2 Å². The highest BCUT2D eigenvalue weighted by molar-refractivity contribution is 7.20. The maximum absolute atomic E-state index is 5.85. The number of fused-ring (bicyclic) bond motifs is 3. The molecule has 2 bridgehead atoms. The van der Waals surface area contributed by atoms with Crippen molar-refractivity contribution in [3.05, 3.63) is 403 Å². The van der Waals surface area contributed by atoms with Crippen LogP contribution >= 0.6 is 0 Å². The Morgan fingerprint density at radius 1 is 0.242 bits per heavy atom. The van der Waals surface area contributed by atoms with Crippen molar-refractivity contribution in [1.82, 2.24) is 14.5 Å². The molecular formula is C90H63N3Si2. The minimum Gasteiger partial charge on any atom is -0.278 e. The maximum Gasteiger partial charge on any atom is 0.235 e. The normalized spacial score (nSPS) is 13.9. The van der Waals surface area contributed by atoms with Gasteiger partial charge in [-0.15, -0.1) is 0 Å². The van der Waals surface area contributed by atoms with Gasteiger partial charge in [0.25, 0.3) is 0 Å². The van der Waals surface area contributed by atoms with E-state index in [0.717, 1.165) is 49.9 Å². The van der Waals surface area contributed by atoms with Crippen LogP contribution in [0.5, 0.6) is 0 Å². The highest BCUT2D eigenvalue weighted by Crippen LogP contribution is 2.58. The monoisotopic (exact) mass is 1240 g/mol. The first-order valence-electron chi connectivity index (χ1n) is 33.0. The Morgan fingerprint density at radius 2 is 0.621 bits per heavy atom. The van der Waals surface area contributed by atoms with Crippen LogP contribution in [-0.2, 0) is 0 Å². The van der Waals surface area contributed by atoms with Gasteiger partial charge < -0.3 is 0 Å². The van der Waals surface area contributed by atoms with Gasteiger partial charge in [0, 0.05) is 33.7 Å². The molecule has 2 aromatic heterocycles. The summed E-state index contributed by atoms with van der Waals surface area (Å²) in [5.74, 6) is 0.521. The van der Waals surface area contributed by atoms with E-state index < -0.39 is 16.1 Å². The molecule has 446 valence electrons. The summed E-state index contributed by atoms with van der Waals surface area (Å²) in [4.78, 5) is 11.6. The number of benzene rings is 14. The van der Waals surface area contributed by atoms with Gasteiger partial charge in [-0.05, 0) is 115 Å². The summed E-state index contributed by atoms with van der Waals surface area (Å²) in [5.41, 5.74) is 19.0. The van der Waals surface area contributed by atoms with Crippen molar-refractivity contribution in [1.29, 1.82) is 0 Å². The van der Waals surface area contributed by atoms with Gasteiger partial charge in [-0.3, -0.25) is 4.57 Å². The Balaban J connectivity index is 0.879. The molecule has 3 aliphatic rings. The molecule has 0 radical (unpaired) electrons. The van der Waals surface area contributed by atoms with Crippen molar-refractivity contribution in [3.63, 3.8) is 0 Å². The first kappa shape index (κ1) is 56.2. The zero-order valence-electron chi connectivity index (χ0n) is 52.2. The molecule has 3 nitrogen and oxygen atoms in total. The number of rotatable bonds is 13. The quantitative estimate of drug-likeness (QED) is 0.0851. The molecule has 2 heterocycles. The molecule has 0 amide bonds. The average Bonchev–Trinajstić information content (AvgIpc) is 1.17. The lowest BCUT2D eigenvalue weighted by Gasteiger charge is -2.47. The van der Waals surface area contributed by atoms with Crippen molar-refractivity contribution in [3.8, 4) is 50.7 Å². The second-order valence-corrected chi connectivity index (χ2v) is 32.9. The molecular weight excluding hydrogens is 1180 g/mol. The first-order valence-corrected chi connectivity index (χ1v) is 37.0. The van der Waals surface area contributed by atoms with E-state index >= 15 is 0 Å². The average molecular weight is 1240 g/mol. The number of hydrogen-bond donors (Lipinski definition) is 0. The molecule has 0 N–H and O–H groups in total. The summed E-state index contributed by atoms with van der Waals surface area (Å²) in [6.45, 7) is 0. The fraction of sp³-hybridized carbons (Fsp3) is 0.0222. The van der Waals surface area contributed by atoms with Crippen LogP contribution in [-0.4, -0.2) is 30.7 Å². The summed E-state index contributed by atoms with van der Waals surface area (Å²) in [6.07, 6.45) is 0. The first-order chi connectivity index (χ1) is 47.2. The largest absolute Gasteiger partial charge is 0.278 e. The van der Waals surface area contributed by atoms with Crippen LogP contribution in [0.4, 0.5) is 0 Å². The minimum absolute atomic E-state index is 0.000301.